The van der Waals surface area contributed by atoms with E-state index in [9.17, 15) is 10.1 Å². The molecule has 1 atom stereocenters. The van der Waals surface area contributed by atoms with E-state index in [2.05, 4.69) is 5.32 Å². The Morgan fingerprint density at radius 2 is 2.14 bits per heavy atom. The molecule has 0 aliphatic rings. The predicted octanol–water partition coefficient (Wildman–Crippen LogP) is 3.85. The number of aryl methyl sites for hydroxylation is 2. The van der Waals surface area contributed by atoms with Crippen molar-refractivity contribution in [3.63, 3.8) is 0 Å². The average molecular weight is 285 g/mol. The molecule has 21 heavy (non-hydrogen) atoms. The molecule has 0 aliphatic carbocycles. The second-order valence-corrected chi connectivity index (χ2v) is 4.81. The smallest absolute Gasteiger partial charge is 0.309 e. The molecule has 1 aromatic heterocycles. The molecule has 0 spiro atoms. The maximum atomic E-state index is 11.2. The van der Waals surface area contributed by atoms with Crippen molar-refractivity contribution in [3.8, 4) is 6.07 Å². The molecule has 1 unspecified atom stereocenters. The highest BCUT2D eigenvalue weighted by atomic mass is 16.6. The molecule has 0 saturated heterocycles. The fourth-order valence-electron chi connectivity index (χ4n) is 2.34. The maximum Gasteiger partial charge on any atom is 0.309 e. The van der Waals surface area contributed by atoms with E-state index >= 15 is 0 Å². The minimum absolute atomic E-state index is 0.0392. The van der Waals surface area contributed by atoms with Gasteiger partial charge in [-0.2, -0.15) is 5.26 Å². The van der Waals surface area contributed by atoms with Crippen molar-refractivity contribution in [2.75, 3.05) is 5.32 Å². The predicted molar refractivity (Wildman–Crippen MR) is 78.0 cm³/mol. The third kappa shape index (κ3) is 2.87. The molecule has 1 N–H and O–H groups in total. The second-order valence-electron chi connectivity index (χ2n) is 4.81. The zero-order valence-corrected chi connectivity index (χ0v) is 12.0. The number of para-hydroxylation sites is 1. The summed E-state index contributed by atoms with van der Waals surface area (Å²) in [5.74, 6) is 1.56. The molecule has 0 aliphatic heterocycles. The summed E-state index contributed by atoms with van der Waals surface area (Å²) in [6.45, 7) is 5.59. The topological polar surface area (TPSA) is 92.1 Å². The number of hydrogen-bond donors (Lipinski definition) is 1. The standard InChI is InChI=1S/C15H15N3O3/c1-9-7-13(11(3)21-9)10(2)17-14-6-4-5-12(8-16)15(14)18(19)20/h4-7,10,17H,1-3H3. The van der Waals surface area contributed by atoms with Crippen LogP contribution in [0.15, 0.2) is 28.7 Å². The van der Waals surface area contributed by atoms with E-state index in [4.69, 9.17) is 9.68 Å². The van der Waals surface area contributed by atoms with Gasteiger partial charge in [0.2, 0.25) is 0 Å². The molecule has 1 aromatic carbocycles. The van der Waals surface area contributed by atoms with Gasteiger partial charge in [-0.25, -0.2) is 0 Å². The lowest BCUT2D eigenvalue weighted by molar-refractivity contribution is -0.384. The molecular weight excluding hydrogens is 270 g/mol. The average Bonchev–Trinajstić information content (AvgIpc) is 2.77. The van der Waals surface area contributed by atoms with Gasteiger partial charge >= 0.3 is 5.69 Å². The minimum Gasteiger partial charge on any atom is -0.466 e. The van der Waals surface area contributed by atoms with Crippen LogP contribution >= 0.6 is 0 Å². The Kier molecular flexibility index (Phi) is 3.94. The first-order valence-electron chi connectivity index (χ1n) is 6.45. The molecule has 0 bridgehead atoms. The van der Waals surface area contributed by atoms with Crippen LogP contribution in [-0.4, -0.2) is 4.92 Å². The highest BCUT2D eigenvalue weighted by Gasteiger charge is 2.22. The van der Waals surface area contributed by atoms with Crippen molar-refractivity contribution in [3.05, 3.63) is 57.0 Å². The third-order valence-electron chi connectivity index (χ3n) is 3.26. The lowest BCUT2D eigenvalue weighted by Crippen LogP contribution is -2.09. The SMILES string of the molecule is Cc1cc(C(C)Nc2cccc(C#N)c2[N+](=O)[O-])c(C)o1. The lowest BCUT2D eigenvalue weighted by atomic mass is 10.1. The van der Waals surface area contributed by atoms with Gasteiger partial charge < -0.3 is 9.73 Å². The van der Waals surface area contributed by atoms with E-state index in [1.165, 1.54) is 6.07 Å². The number of nitrogens with zero attached hydrogens (tertiary/aromatic N) is 2. The lowest BCUT2D eigenvalue weighted by Gasteiger charge is -2.15. The zero-order chi connectivity index (χ0) is 15.6. The summed E-state index contributed by atoms with van der Waals surface area (Å²) in [4.78, 5) is 10.6. The van der Waals surface area contributed by atoms with Crippen LogP contribution in [-0.2, 0) is 0 Å². The van der Waals surface area contributed by atoms with E-state index in [0.29, 0.717) is 5.69 Å². The number of nitrogens with one attached hydrogen (secondary N) is 1. The molecule has 0 saturated carbocycles. The Morgan fingerprint density at radius 3 is 2.67 bits per heavy atom. The number of rotatable bonds is 4. The van der Waals surface area contributed by atoms with Gasteiger partial charge in [-0.3, -0.25) is 10.1 Å². The molecule has 0 radical (unpaired) electrons. The minimum atomic E-state index is -0.541. The van der Waals surface area contributed by atoms with E-state index in [-0.39, 0.29) is 17.3 Å². The molecule has 0 fully saturated rings. The van der Waals surface area contributed by atoms with Crippen LogP contribution in [0.2, 0.25) is 0 Å². The number of hydrogen-bond acceptors (Lipinski definition) is 5. The number of nitro groups is 1. The molecule has 2 rings (SSSR count). The first kappa shape index (κ1) is 14.6. The normalized spacial score (nSPS) is 11.7. The van der Waals surface area contributed by atoms with Gasteiger partial charge in [0, 0.05) is 5.56 Å². The Balaban J connectivity index is 2.38. The van der Waals surface area contributed by atoms with Crippen LogP contribution in [0, 0.1) is 35.3 Å². The summed E-state index contributed by atoms with van der Waals surface area (Å²) in [6.07, 6.45) is 0. The first-order chi connectivity index (χ1) is 9.93. The highest BCUT2D eigenvalue weighted by Crippen LogP contribution is 2.32. The van der Waals surface area contributed by atoms with Crippen LogP contribution in [0.5, 0.6) is 0 Å². The zero-order valence-electron chi connectivity index (χ0n) is 12.0. The van der Waals surface area contributed by atoms with Crippen LogP contribution in [0.25, 0.3) is 0 Å². The summed E-state index contributed by atoms with van der Waals surface area (Å²) < 4.78 is 5.47. The van der Waals surface area contributed by atoms with Gasteiger partial charge in [-0.1, -0.05) is 6.07 Å². The van der Waals surface area contributed by atoms with Crippen LogP contribution < -0.4 is 5.32 Å². The second kappa shape index (κ2) is 5.67. The van der Waals surface area contributed by atoms with Crippen molar-refractivity contribution in [2.45, 2.75) is 26.8 Å². The van der Waals surface area contributed by atoms with E-state index in [1.807, 2.05) is 32.9 Å². The van der Waals surface area contributed by atoms with Crippen LogP contribution in [0.4, 0.5) is 11.4 Å². The van der Waals surface area contributed by atoms with Gasteiger partial charge in [0.1, 0.15) is 28.8 Å². The molecule has 0 amide bonds. The van der Waals surface area contributed by atoms with Crippen molar-refractivity contribution in [2.24, 2.45) is 0 Å². The van der Waals surface area contributed by atoms with Crippen LogP contribution in [0.1, 0.15) is 35.6 Å². The summed E-state index contributed by atoms with van der Waals surface area (Å²) in [5, 5.41) is 23.3. The monoisotopic (exact) mass is 285 g/mol. The number of nitriles is 1. The molecule has 2 aromatic rings. The number of furan rings is 1. The van der Waals surface area contributed by atoms with Gasteiger partial charge in [-0.05, 0) is 39.0 Å². The van der Waals surface area contributed by atoms with Crippen molar-refractivity contribution < 1.29 is 9.34 Å². The fraction of sp³-hybridized carbons (Fsp3) is 0.267. The summed E-state index contributed by atoms with van der Waals surface area (Å²) in [5.41, 5.74) is 1.09. The number of nitro benzene ring substituents is 1. The molecule has 6 nitrogen and oxygen atoms in total. The highest BCUT2D eigenvalue weighted by molar-refractivity contribution is 5.69. The Labute approximate surface area is 122 Å². The molecular formula is C15H15N3O3. The van der Waals surface area contributed by atoms with Gasteiger partial charge in [0.05, 0.1) is 11.0 Å². The van der Waals surface area contributed by atoms with Crippen LogP contribution in [0.3, 0.4) is 0 Å². The van der Waals surface area contributed by atoms with Gasteiger partial charge in [0.25, 0.3) is 0 Å². The fourth-order valence-corrected chi connectivity index (χ4v) is 2.34. The third-order valence-corrected chi connectivity index (χ3v) is 3.26. The molecule has 1 heterocycles. The Hall–Kier alpha value is -2.81. The van der Waals surface area contributed by atoms with Crippen molar-refractivity contribution in [1.82, 2.24) is 0 Å². The maximum absolute atomic E-state index is 11.2. The van der Waals surface area contributed by atoms with Crippen molar-refractivity contribution >= 4 is 11.4 Å². The van der Waals surface area contributed by atoms with E-state index in [0.717, 1.165) is 17.1 Å². The number of benzene rings is 1. The van der Waals surface area contributed by atoms with Crippen molar-refractivity contribution in [1.29, 1.82) is 5.26 Å². The Bertz CT molecular complexity index is 728. The molecule has 6 heteroatoms. The summed E-state index contributed by atoms with van der Waals surface area (Å²) in [7, 11) is 0. The Morgan fingerprint density at radius 1 is 1.43 bits per heavy atom. The largest absolute Gasteiger partial charge is 0.466 e. The first-order valence-corrected chi connectivity index (χ1v) is 6.45. The summed E-state index contributed by atoms with van der Waals surface area (Å²) >= 11 is 0. The number of anilines is 1. The van der Waals surface area contributed by atoms with E-state index in [1.54, 1.807) is 12.1 Å². The van der Waals surface area contributed by atoms with Gasteiger partial charge in [-0.15, -0.1) is 0 Å². The van der Waals surface area contributed by atoms with E-state index < -0.39 is 4.92 Å². The van der Waals surface area contributed by atoms with Gasteiger partial charge in [0.15, 0.2) is 0 Å². The quantitative estimate of drug-likeness (QED) is 0.680. The molecule has 108 valence electrons. The summed E-state index contributed by atoms with van der Waals surface area (Å²) in [6, 6.07) is 8.22.